The fourth-order valence-corrected chi connectivity index (χ4v) is 1.87. The molecule has 0 aliphatic rings. The van der Waals surface area contributed by atoms with E-state index < -0.39 is 29.7 Å². The SMILES string of the molecule is CCNC(=O)NC(=O)C(C)n1nnc(-c2cccc(C(F)(F)F)c2)n1. The van der Waals surface area contributed by atoms with E-state index in [-0.39, 0.29) is 11.4 Å². The van der Waals surface area contributed by atoms with Crippen LogP contribution < -0.4 is 10.6 Å². The highest BCUT2D eigenvalue weighted by Gasteiger charge is 2.31. The van der Waals surface area contributed by atoms with Crippen LogP contribution in [0.15, 0.2) is 24.3 Å². The summed E-state index contributed by atoms with van der Waals surface area (Å²) in [4.78, 5) is 24.2. The molecular formula is C14H15F3N6O2. The summed E-state index contributed by atoms with van der Waals surface area (Å²) < 4.78 is 38.3. The summed E-state index contributed by atoms with van der Waals surface area (Å²) in [5.74, 6) is -0.747. The van der Waals surface area contributed by atoms with Crippen molar-refractivity contribution in [2.45, 2.75) is 26.1 Å². The van der Waals surface area contributed by atoms with Crippen LogP contribution in [0, 0.1) is 0 Å². The molecule has 11 heteroatoms. The summed E-state index contributed by atoms with van der Waals surface area (Å²) in [7, 11) is 0. The minimum atomic E-state index is -4.49. The van der Waals surface area contributed by atoms with Crippen molar-refractivity contribution in [2.24, 2.45) is 0 Å². The third-order valence-corrected chi connectivity index (χ3v) is 3.18. The third-order valence-electron chi connectivity index (χ3n) is 3.18. The molecule has 0 saturated heterocycles. The van der Waals surface area contributed by atoms with Gasteiger partial charge in [-0.15, -0.1) is 10.2 Å². The van der Waals surface area contributed by atoms with Crippen molar-refractivity contribution in [1.29, 1.82) is 0 Å². The van der Waals surface area contributed by atoms with Crippen molar-refractivity contribution in [1.82, 2.24) is 30.8 Å². The monoisotopic (exact) mass is 356 g/mol. The van der Waals surface area contributed by atoms with E-state index in [4.69, 9.17) is 0 Å². The van der Waals surface area contributed by atoms with Crippen LogP contribution in [0.3, 0.4) is 0 Å². The highest BCUT2D eigenvalue weighted by Crippen LogP contribution is 2.31. The first-order valence-electron chi connectivity index (χ1n) is 7.28. The largest absolute Gasteiger partial charge is 0.416 e. The number of imide groups is 1. The van der Waals surface area contributed by atoms with E-state index in [1.54, 1.807) is 6.92 Å². The lowest BCUT2D eigenvalue weighted by Gasteiger charge is -2.10. The molecule has 0 saturated carbocycles. The van der Waals surface area contributed by atoms with Gasteiger partial charge in [0.05, 0.1) is 5.56 Å². The molecule has 1 aromatic carbocycles. The quantitative estimate of drug-likeness (QED) is 0.869. The molecule has 25 heavy (non-hydrogen) atoms. The first kappa shape index (κ1) is 18.4. The van der Waals surface area contributed by atoms with E-state index in [1.165, 1.54) is 19.1 Å². The van der Waals surface area contributed by atoms with Crippen LogP contribution in [0.25, 0.3) is 11.4 Å². The average Bonchev–Trinajstić information content (AvgIpc) is 3.03. The summed E-state index contributed by atoms with van der Waals surface area (Å²) in [5, 5.41) is 15.7. The number of hydrogen-bond acceptors (Lipinski definition) is 5. The molecule has 8 nitrogen and oxygen atoms in total. The smallest absolute Gasteiger partial charge is 0.338 e. The molecule has 1 unspecified atom stereocenters. The van der Waals surface area contributed by atoms with Crippen LogP contribution in [-0.4, -0.2) is 38.7 Å². The molecule has 0 bridgehead atoms. The molecule has 2 rings (SSSR count). The topological polar surface area (TPSA) is 102 Å². The zero-order chi connectivity index (χ0) is 18.6. The second-order valence-corrected chi connectivity index (χ2v) is 5.04. The maximum Gasteiger partial charge on any atom is 0.416 e. The fraction of sp³-hybridized carbons (Fsp3) is 0.357. The lowest BCUT2D eigenvalue weighted by molar-refractivity contribution is -0.137. The number of amides is 3. The van der Waals surface area contributed by atoms with E-state index in [1.807, 2.05) is 0 Å². The van der Waals surface area contributed by atoms with Crippen molar-refractivity contribution in [2.75, 3.05) is 6.54 Å². The Labute approximate surface area is 140 Å². The Morgan fingerprint density at radius 2 is 2.04 bits per heavy atom. The highest BCUT2D eigenvalue weighted by molar-refractivity contribution is 5.95. The standard InChI is InChI=1S/C14H15F3N6O2/c1-3-18-13(25)19-12(24)8(2)23-21-11(20-22-23)9-5-4-6-10(7-9)14(15,16)17/h4-8H,3H2,1-2H3,(H2,18,19,24,25). The van der Waals surface area contributed by atoms with E-state index in [9.17, 15) is 22.8 Å². The summed E-state index contributed by atoms with van der Waals surface area (Å²) in [5.41, 5.74) is -0.735. The molecule has 0 aliphatic heterocycles. The predicted octanol–water partition coefficient (Wildman–Crippen LogP) is 1.77. The highest BCUT2D eigenvalue weighted by atomic mass is 19.4. The lowest BCUT2D eigenvalue weighted by Crippen LogP contribution is -2.42. The molecule has 0 aliphatic carbocycles. The van der Waals surface area contributed by atoms with Gasteiger partial charge in [0.15, 0.2) is 0 Å². The number of aromatic nitrogens is 4. The normalized spacial score (nSPS) is 12.5. The average molecular weight is 356 g/mol. The first-order valence-corrected chi connectivity index (χ1v) is 7.28. The molecule has 1 heterocycles. The van der Waals surface area contributed by atoms with Gasteiger partial charge in [0.25, 0.3) is 5.91 Å². The van der Waals surface area contributed by atoms with Gasteiger partial charge in [0.1, 0.15) is 6.04 Å². The number of nitrogens with one attached hydrogen (secondary N) is 2. The van der Waals surface area contributed by atoms with Crippen molar-refractivity contribution < 1.29 is 22.8 Å². The molecule has 0 radical (unpaired) electrons. The van der Waals surface area contributed by atoms with Gasteiger partial charge in [-0.25, -0.2) is 4.79 Å². The summed E-state index contributed by atoms with van der Waals surface area (Å²) in [6.07, 6.45) is -4.49. The van der Waals surface area contributed by atoms with E-state index in [2.05, 4.69) is 26.0 Å². The third kappa shape index (κ3) is 4.52. The van der Waals surface area contributed by atoms with E-state index in [0.717, 1.165) is 16.9 Å². The van der Waals surface area contributed by atoms with Gasteiger partial charge in [-0.1, -0.05) is 12.1 Å². The van der Waals surface area contributed by atoms with E-state index >= 15 is 0 Å². The number of alkyl halides is 3. The zero-order valence-corrected chi connectivity index (χ0v) is 13.3. The minimum Gasteiger partial charge on any atom is -0.338 e. The van der Waals surface area contributed by atoms with Gasteiger partial charge >= 0.3 is 12.2 Å². The second-order valence-electron chi connectivity index (χ2n) is 5.04. The predicted molar refractivity (Wildman–Crippen MR) is 80.2 cm³/mol. The van der Waals surface area contributed by atoms with Crippen molar-refractivity contribution >= 4 is 11.9 Å². The zero-order valence-electron chi connectivity index (χ0n) is 13.3. The molecule has 0 spiro atoms. The summed E-state index contributed by atoms with van der Waals surface area (Å²) in [6.45, 7) is 3.45. The maximum atomic E-state index is 12.8. The Morgan fingerprint density at radius 1 is 1.32 bits per heavy atom. The Bertz CT molecular complexity index is 774. The molecule has 2 N–H and O–H groups in total. The van der Waals surface area contributed by atoms with Crippen LogP contribution in [0.2, 0.25) is 0 Å². The van der Waals surface area contributed by atoms with Crippen LogP contribution in [0.1, 0.15) is 25.5 Å². The minimum absolute atomic E-state index is 0.0660. The number of nitrogens with zero attached hydrogens (tertiary/aromatic N) is 4. The summed E-state index contributed by atoms with van der Waals surface area (Å²) >= 11 is 0. The molecular weight excluding hydrogens is 341 g/mol. The van der Waals surface area contributed by atoms with E-state index in [0.29, 0.717) is 6.54 Å². The number of benzene rings is 1. The molecule has 3 amide bonds. The molecule has 134 valence electrons. The van der Waals surface area contributed by atoms with Crippen molar-refractivity contribution in [3.8, 4) is 11.4 Å². The lowest BCUT2D eigenvalue weighted by atomic mass is 10.1. The van der Waals surface area contributed by atoms with Gasteiger partial charge in [0.2, 0.25) is 5.82 Å². The summed E-state index contributed by atoms with van der Waals surface area (Å²) in [6, 6.07) is 2.80. The molecule has 1 aromatic heterocycles. The van der Waals surface area contributed by atoms with Crippen molar-refractivity contribution in [3.63, 3.8) is 0 Å². The molecule has 1 atom stereocenters. The Morgan fingerprint density at radius 3 is 2.68 bits per heavy atom. The number of tetrazole rings is 1. The number of rotatable bonds is 4. The fourth-order valence-electron chi connectivity index (χ4n) is 1.87. The van der Waals surface area contributed by atoms with Gasteiger partial charge in [-0.05, 0) is 31.2 Å². The Balaban J connectivity index is 2.17. The van der Waals surface area contributed by atoms with Crippen LogP contribution >= 0.6 is 0 Å². The Kier molecular flexibility index (Phi) is 5.35. The van der Waals surface area contributed by atoms with Crippen molar-refractivity contribution in [3.05, 3.63) is 29.8 Å². The number of carbonyl (C=O) groups is 2. The number of halogens is 3. The number of carbonyl (C=O) groups excluding carboxylic acids is 2. The molecule has 0 fully saturated rings. The maximum absolute atomic E-state index is 12.8. The molecule has 2 aromatic rings. The van der Waals surface area contributed by atoms with Crippen LogP contribution in [-0.2, 0) is 11.0 Å². The van der Waals surface area contributed by atoms with Gasteiger partial charge in [-0.3, -0.25) is 10.1 Å². The first-order chi connectivity index (χ1) is 11.7. The van der Waals surface area contributed by atoms with Gasteiger partial charge in [-0.2, -0.15) is 18.0 Å². The number of urea groups is 1. The van der Waals surface area contributed by atoms with Gasteiger partial charge in [0, 0.05) is 12.1 Å². The van der Waals surface area contributed by atoms with Crippen LogP contribution in [0.5, 0.6) is 0 Å². The number of hydrogen-bond donors (Lipinski definition) is 2. The second kappa shape index (κ2) is 7.28. The van der Waals surface area contributed by atoms with Gasteiger partial charge < -0.3 is 5.32 Å². The Hall–Kier alpha value is -2.98. The van der Waals surface area contributed by atoms with Crippen LogP contribution in [0.4, 0.5) is 18.0 Å².